The molecular formula is C14H16N4O3. The molecule has 2 aromatic rings. The molecule has 0 spiro atoms. The fraction of sp³-hybridized carbons (Fsp3) is 0.214. The minimum absolute atomic E-state index is 0.0616. The predicted molar refractivity (Wildman–Crippen MR) is 77.2 cm³/mol. The minimum atomic E-state index is -1.08. The van der Waals surface area contributed by atoms with Crippen molar-refractivity contribution < 1.29 is 14.7 Å². The highest BCUT2D eigenvalue weighted by Gasteiger charge is 2.12. The van der Waals surface area contributed by atoms with E-state index in [4.69, 9.17) is 5.11 Å². The number of carbonyl (C=O) groups is 2. The number of anilines is 1. The van der Waals surface area contributed by atoms with Crippen LogP contribution in [-0.2, 0) is 13.6 Å². The molecule has 3 N–H and O–H groups in total. The van der Waals surface area contributed by atoms with Gasteiger partial charge < -0.3 is 15.7 Å². The van der Waals surface area contributed by atoms with Crippen molar-refractivity contribution in [1.29, 1.82) is 0 Å². The summed E-state index contributed by atoms with van der Waals surface area (Å²) >= 11 is 0. The fourth-order valence-electron chi connectivity index (χ4n) is 1.86. The monoisotopic (exact) mass is 288 g/mol. The lowest BCUT2D eigenvalue weighted by molar-refractivity contribution is 0.0698. The molecule has 0 aliphatic heterocycles. The predicted octanol–water partition coefficient (Wildman–Crippen LogP) is 1.75. The Labute approximate surface area is 121 Å². The van der Waals surface area contributed by atoms with Gasteiger partial charge in [0.15, 0.2) is 0 Å². The van der Waals surface area contributed by atoms with E-state index in [1.54, 1.807) is 43.2 Å². The van der Waals surface area contributed by atoms with Gasteiger partial charge in [0.25, 0.3) is 0 Å². The Morgan fingerprint density at radius 2 is 2.14 bits per heavy atom. The second kappa shape index (κ2) is 6.08. The number of hydrogen-bond acceptors (Lipinski definition) is 3. The van der Waals surface area contributed by atoms with E-state index in [0.29, 0.717) is 6.54 Å². The summed E-state index contributed by atoms with van der Waals surface area (Å²) in [5, 5.41) is 18.3. The average molecular weight is 288 g/mol. The Kier molecular flexibility index (Phi) is 4.22. The standard InChI is InChI=1S/C14H16N4O3/c1-9-3-4-12(11(5-9)13(19)20)17-14(21)15-6-10-7-16-18(2)8-10/h3-5,7-8H,6H2,1-2H3,(H,19,20)(H2,15,17,21). The van der Waals surface area contributed by atoms with Crippen LogP contribution in [0.1, 0.15) is 21.5 Å². The third kappa shape index (κ3) is 3.82. The summed E-state index contributed by atoms with van der Waals surface area (Å²) in [5.41, 5.74) is 1.99. The highest BCUT2D eigenvalue weighted by Crippen LogP contribution is 2.17. The molecule has 1 aromatic heterocycles. The summed E-state index contributed by atoms with van der Waals surface area (Å²) < 4.78 is 1.64. The summed E-state index contributed by atoms with van der Waals surface area (Å²) in [6, 6.07) is 4.36. The number of urea groups is 1. The van der Waals surface area contributed by atoms with Gasteiger partial charge in [0.2, 0.25) is 0 Å². The molecule has 0 unspecified atom stereocenters. The molecule has 0 saturated carbocycles. The van der Waals surface area contributed by atoms with Crippen LogP contribution in [0.15, 0.2) is 30.6 Å². The Balaban J connectivity index is 2.01. The van der Waals surface area contributed by atoms with Crippen molar-refractivity contribution in [3.63, 3.8) is 0 Å². The normalized spacial score (nSPS) is 10.2. The molecule has 7 nitrogen and oxygen atoms in total. The number of carbonyl (C=O) groups excluding carboxylic acids is 1. The van der Waals surface area contributed by atoms with Crippen LogP contribution in [0, 0.1) is 6.92 Å². The van der Waals surface area contributed by atoms with Crippen LogP contribution in [0.5, 0.6) is 0 Å². The summed E-state index contributed by atoms with van der Waals surface area (Å²) in [5.74, 6) is -1.08. The number of benzene rings is 1. The summed E-state index contributed by atoms with van der Waals surface area (Å²) in [6.07, 6.45) is 3.43. The van der Waals surface area contributed by atoms with E-state index < -0.39 is 12.0 Å². The molecule has 0 fully saturated rings. The molecule has 1 aromatic carbocycles. The van der Waals surface area contributed by atoms with Crippen LogP contribution in [0.25, 0.3) is 0 Å². The third-order valence-corrected chi connectivity index (χ3v) is 2.87. The van der Waals surface area contributed by atoms with Gasteiger partial charge in [0, 0.05) is 25.4 Å². The van der Waals surface area contributed by atoms with Gasteiger partial charge in [0.1, 0.15) is 0 Å². The Bertz CT molecular complexity index is 679. The number of amides is 2. The first-order chi connectivity index (χ1) is 9.95. The van der Waals surface area contributed by atoms with Crippen LogP contribution in [-0.4, -0.2) is 26.9 Å². The first kappa shape index (κ1) is 14.6. The van der Waals surface area contributed by atoms with E-state index >= 15 is 0 Å². The zero-order valence-corrected chi connectivity index (χ0v) is 11.8. The van der Waals surface area contributed by atoms with Crippen molar-refractivity contribution in [2.75, 3.05) is 5.32 Å². The highest BCUT2D eigenvalue weighted by molar-refractivity contribution is 6.00. The third-order valence-electron chi connectivity index (χ3n) is 2.87. The van der Waals surface area contributed by atoms with Crippen molar-refractivity contribution >= 4 is 17.7 Å². The number of aryl methyl sites for hydroxylation is 2. The molecule has 110 valence electrons. The molecule has 0 aliphatic carbocycles. The van der Waals surface area contributed by atoms with Gasteiger partial charge in [-0.2, -0.15) is 5.10 Å². The summed E-state index contributed by atoms with van der Waals surface area (Å²) in [6.45, 7) is 2.10. The molecule has 0 bridgehead atoms. The molecule has 21 heavy (non-hydrogen) atoms. The number of aromatic carboxylic acids is 1. The quantitative estimate of drug-likeness (QED) is 0.798. The Morgan fingerprint density at radius 1 is 1.38 bits per heavy atom. The van der Waals surface area contributed by atoms with Gasteiger partial charge in [-0.15, -0.1) is 0 Å². The summed E-state index contributed by atoms with van der Waals surface area (Å²) in [7, 11) is 1.79. The lowest BCUT2D eigenvalue weighted by Gasteiger charge is -2.10. The number of rotatable bonds is 4. The lowest BCUT2D eigenvalue weighted by Crippen LogP contribution is -2.28. The Morgan fingerprint density at radius 3 is 2.76 bits per heavy atom. The van der Waals surface area contributed by atoms with Crippen LogP contribution in [0.4, 0.5) is 10.5 Å². The average Bonchev–Trinajstić information content (AvgIpc) is 2.84. The second-order valence-electron chi connectivity index (χ2n) is 4.68. The zero-order chi connectivity index (χ0) is 15.4. The van der Waals surface area contributed by atoms with Crippen molar-refractivity contribution in [1.82, 2.24) is 15.1 Å². The van der Waals surface area contributed by atoms with E-state index in [1.807, 2.05) is 0 Å². The first-order valence-electron chi connectivity index (χ1n) is 6.32. The van der Waals surface area contributed by atoms with Gasteiger partial charge in [0.05, 0.1) is 17.4 Å². The van der Waals surface area contributed by atoms with Crippen LogP contribution >= 0.6 is 0 Å². The number of hydrogen-bond donors (Lipinski definition) is 3. The fourth-order valence-corrected chi connectivity index (χ4v) is 1.86. The van der Waals surface area contributed by atoms with E-state index in [0.717, 1.165) is 11.1 Å². The highest BCUT2D eigenvalue weighted by atomic mass is 16.4. The number of carboxylic acids is 1. The van der Waals surface area contributed by atoms with E-state index in [-0.39, 0.29) is 11.3 Å². The number of nitrogens with one attached hydrogen (secondary N) is 2. The molecule has 0 radical (unpaired) electrons. The molecule has 7 heteroatoms. The van der Waals surface area contributed by atoms with Gasteiger partial charge in [-0.1, -0.05) is 11.6 Å². The maximum absolute atomic E-state index is 11.8. The zero-order valence-electron chi connectivity index (χ0n) is 11.8. The molecule has 0 aliphatic rings. The van der Waals surface area contributed by atoms with Crippen LogP contribution in [0.3, 0.4) is 0 Å². The number of aromatic nitrogens is 2. The second-order valence-corrected chi connectivity index (χ2v) is 4.68. The molecule has 0 saturated heterocycles. The smallest absolute Gasteiger partial charge is 0.337 e. The van der Waals surface area contributed by atoms with Gasteiger partial charge in [-0.25, -0.2) is 9.59 Å². The molecular weight excluding hydrogens is 272 g/mol. The van der Waals surface area contributed by atoms with Crippen LogP contribution in [0.2, 0.25) is 0 Å². The van der Waals surface area contributed by atoms with Gasteiger partial charge in [-0.3, -0.25) is 4.68 Å². The molecule has 1 heterocycles. The van der Waals surface area contributed by atoms with Crippen molar-refractivity contribution in [2.45, 2.75) is 13.5 Å². The summed E-state index contributed by atoms with van der Waals surface area (Å²) in [4.78, 5) is 23.0. The molecule has 2 rings (SSSR count). The van der Waals surface area contributed by atoms with Gasteiger partial charge in [-0.05, 0) is 19.1 Å². The lowest BCUT2D eigenvalue weighted by atomic mass is 10.1. The topological polar surface area (TPSA) is 96.3 Å². The van der Waals surface area contributed by atoms with E-state index in [1.165, 1.54) is 6.07 Å². The van der Waals surface area contributed by atoms with Crippen molar-refractivity contribution in [3.05, 3.63) is 47.3 Å². The van der Waals surface area contributed by atoms with Crippen LogP contribution < -0.4 is 10.6 Å². The minimum Gasteiger partial charge on any atom is -0.478 e. The molecule has 0 atom stereocenters. The molecule has 2 amide bonds. The maximum atomic E-state index is 11.8. The van der Waals surface area contributed by atoms with Crippen molar-refractivity contribution in [3.8, 4) is 0 Å². The van der Waals surface area contributed by atoms with Crippen molar-refractivity contribution in [2.24, 2.45) is 7.05 Å². The van der Waals surface area contributed by atoms with E-state index in [9.17, 15) is 9.59 Å². The first-order valence-corrected chi connectivity index (χ1v) is 6.32. The van der Waals surface area contributed by atoms with Gasteiger partial charge >= 0.3 is 12.0 Å². The SMILES string of the molecule is Cc1ccc(NC(=O)NCc2cnn(C)c2)c(C(=O)O)c1. The maximum Gasteiger partial charge on any atom is 0.337 e. The largest absolute Gasteiger partial charge is 0.478 e. The number of nitrogens with zero attached hydrogens (tertiary/aromatic N) is 2. The number of carboxylic acid groups (broad SMARTS) is 1. The van der Waals surface area contributed by atoms with E-state index in [2.05, 4.69) is 15.7 Å². The Hall–Kier alpha value is -2.83.